The van der Waals surface area contributed by atoms with Crippen LogP contribution >= 0.6 is 0 Å². The van der Waals surface area contributed by atoms with Gasteiger partial charge in [-0.2, -0.15) is 0 Å². The van der Waals surface area contributed by atoms with Crippen molar-refractivity contribution in [2.75, 3.05) is 19.4 Å². The monoisotopic (exact) mass is 285 g/mol. The third-order valence-corrected chi connectivity index (χ3v) is 5.40. The maximum Gasteiger partial charge on any atom is 0.158 e. The van der Waals surface area contributed by atoms with Gasteiger partial charge in [0.15, 0.2) is 9.84 Å². The molecule has 0 aromatic heterocycles. The molecule has 0 aliphatic heterocycles. The highest BCUT2D eigenvalue weighted by Gasteiger charge is 2.28. The number of hydrogen-bond donors (Lipinski definition) is 1. The van der Waals surface area contributed by atoms with Gasteiger partial charge in [0.25, 0.3) is 0 Å². The van der Waals surface area contributed by atoms with Crippen LogP contribution in [-0.4, -0.2) is 32.6 Å². The van der Waals surface area contributed by atoms with E-state index in [9.17, 15) is 8.42 Å². The van der Waals surface area contributed by atoms with Crippen molar-refractivity contribution in [1.29, 1.82) is 0 Å². The van der Waals surface area contributed by atoms with Crippen LogP contribution in [-0.2, 0) is 16.4 Å². The number of benzene rings is 1. The lowest BCUT2D eigenvalue weighted by Crippen LogP contribution is -2.32. The van der Waals surface area contributed by atoms with Crippen molar-refractivity contribution in [3.8, 4) is 5.75 Å². The second kappa shape index (κ2) is 6.39. The quantitative estimate of drug-likeness (QED) is 0.868. The molecule has 1 aromatic carbocycles. The van der Waals surface area contributed by atoms with Gasteiger partial charge in [0.05, 0.1) is 10.5 Å². The molecule has 0 amide bonds. The molecule has 108 valence electrons. The lowest BCUT2D eigenvalue weighted by atomic mass is 10.2. The summed E-state index contributed by atoms with van der Waals surface area (Å²) in [6.07, 6.45) is 0. The van der Waals surface area contributed by atoms with Gasteiger partial charge in [0.1, 0.15) is 12.4 Å². The summed E-state index contributed by atoms with van der Waals surface area (Å²) in [5, 5.41) is 3.06. The van der Waals surface area contributed by atoms with Crippen LogP contribution in [0.1, 0.15) is 26.3 Å². The van der Waals surface area contributed by atoms with Gasteiger partial charge < -0.3 is 10.1 Å². The van der Waals surface area contributed by atoms with Gasteiger partial charge in [-0.25, -0.2) is 8.42 Å². The minimum atomic E-state index is -3.13. The first kappa shape index (κ1) is 16.0. The minimum Gasteiger partial charge on any atom is -0.493 e. The zero-order valence-corrected chi connectivity index (χ0v) is 12.9. The average Bonchev–Trinajstić information content (AvgIpc) is 2.28. The summed E-state index contributed by atoms with van der Waals surface area (Å²) in [5.41, 5.74) is 1.11. The Morgan fingerprint density at radius 2 is 1.95 bits per heavy atom. The first-order chi connectivity index (χ1) is 8.76. The van der Waals surface area contributed by atoms with Crippen molar-refractivity contribution >= 4 is 9.84 Å². The molecule has 0 radical (unpaired) electrons. The number of rotatable bonds is 6. The molecule has 0 fully saturated rings. The Morgan fingerprint density at radius 3 is 2.53 bits per heavy atom. The third-order valence-electron chi connectivity index (χ3n) is 2.83. The molecule has 1 aromatic rings. The van der Waals surface area contributed by atoms with E-state index in [0.29, 0.717) is 5.75 Å². The van der Waals surface area contributed by atoms with Crippen LogP contribution in [0, 0.1) is 0 Å². The highest BCUT2D eigenvalue weighted by Crippen LogP contribution is 2.17. The molecule has 0 unspecified atom stereocenters. The van der Waals surface area contributed by atoms with E-state index in [4.69, 9.17) is 4.74 Å². The molecule has 0 heterocycles. The van der Waals surface area contributed by atoms with Crippen LogP contribution in [0.5, 0.6) is 5.75 Å². The Hall–Kier alpha value is -1.07. The molecule has 0 saturated carbocycles. The summed E-state index contributed by atoms with van der Waals surface area (Å²) in [6, 6.07) is 7.65. The zero-order valence-electron chi connectivity index (χ0n) is 12.1. The lowest BCUT2D eigenvalue weighted by Gasteiger charge is -2.19. The number of ether oxygens (including phenoxy) is 1. The highest BCUT2D eigenvalue weighted by molar-refractivity contribution is 7.92. The van der Waals surface area contributed by atoms with Crippen molar-refractivity contribution in [1.82, 2.24) is 5.32 Å². The molecule has 4 nitrogen and oxygen atoms in total. The van der Waals surface area contributed by atoms with E-state index in [1.54, 1.807) is 20.8 Å². The smallest absolute Gasteiger partial charge is 0.158 e. The Bertz CT molecular complexity index is 504. The predicted octanol–water partition coefficient (Wildman–Crippen LogP) is 2.00. The van der Waals surface area contributed by atoms with Crippen molar-refractivity contribution in [2.24, 2.45) is 0 Å². The molecule has 19 heavy (non-hydrogen) atoms. The van der Waals surface area contributed by atoms with Gasteiger partial charge in [-0.3, -0.25) is 0 Å². The van der Waals surface area contributed by atoms with E-state index in [-0.39, 0.29) is 12.4 Å². The van der Waals surface area contributed by atoms with Gasteiger partial charge in [0.2, 0.25) is 0 Å². The fraction of sp³-hybridized carbons (Fsp3) is 0.571. The summed E-state index contributed by atoms with van der Waals surface area (Å²) in [4.78, 5) is 0. The molecular weight excluding hydrogens is 262 g/mol. The molecule has 0 spiro atoms. The molecule has 1 rings (SSSR count). The predicted molar refractivity (Wildman–Crippen MR) is 78.2 cm³/mol. The van der Waals surface area contributed by atoms with Gasteiger partial charge in [0, 0.05) is 6.54 Å². The molecule has 5 heteroatoms. The molecule has 0 aliphatic rings. The van der Waals surface area contributed by atoms with Crippen LogP contribution in [0.15, 0.2) is 24.3 Å². The lowest BCUT2D eigenvalue weighted by molar-refractivity contribution is 0.339. The molecule has 0 saturated heterocycles. The largest absolute Gasteiger partial charge is 0.493 e. The van der Waals surface area contributed by atoms with Crippen LogP contribution in [0.3, 0.4) is 0 Å². The summed E-state index contributed by atoms with van der Waals surface area (Å²) in [6.45, 7) is 6.06. The fourth-order valence-corrected chi connectivity index (χ4v) is 2.44. The number of hydrogen-bond acceptors (Lipinski definition) is 4. The Balaban J connectivity index is 2.56. The van der Waals surface area contributed by atoms with Crippen molar-refractivity contribution in [3.63, 3.8) is 0 Å². The van der Waals surface area contributed by atoms with Crippen molar-refractivity contribution in [2.45, 2.75) is 32.1 Å². The summed E-state index contributed by atoms with van der Waals surface area (Å²) in [7, 11) is -1.25. The summed E-state index contributed by atoms with van der Waals surface area (Å²) >= 11 is 0. The SMILES string of the molecule is CNCc1cccc(OCCS(=O)(=O)C(C)(C)C)c1. The van der Waals surface area contributed by atoms with Gasteiger partial charge in [-0.1, -0.05) is 12.1 Å². The molecular formula is C14H23NO3S. The molecule has 0 bridgehead atoms. The number of sulfone groups is 1. The number of nitrogens with one attached hydrogen (secondary N) is 1. The van der Waals surface area contributed by atoms with E-state index < -0.39 is 14.6 Å². The standard InChI is InChI=1S/C14H23NO3S/c1-14(2,3)19(16,17)9-8-18-13-7-5-6-12(10-13)11-15-4/h5-7,10,15H,8-9,11H2,1-4H3. The molecule has 1 N–H and O–H groups in total. The van der Waals surface area contributed by atoms with Crippen LogP contribution in [0.4, 0.5) is 0 Å². The fourth-order valence-electron chi connectivity index (χ4n) is 1.52. The van der Waals surface area contributed by atoms with Gasteiger partial charge in [-0.15, -0.1) is 0 Å². The van der Waals surface area contributed by atoms with Gasteiger partial charge in [-0.05, 0) is 45.5 Å². The first-order valence-electron chi connectivity index (χ1n) is 6.35. The van der Waals surface area contributed by atoms with E-state index in [1.807, 2.05) is 31.3 Å². The highest BCUT2D eigenvalue weighted by atomic mass is 32.2. The Kier molecular flexibility index (Phi) is 5.38. The van der Waals surface area contributed by atoms with Crippen LogP contribution in [0.2, 0.25) is 0 Å². The maximum atomic E-state index is 11.9. The van der Waals surface area contributed by atoms with Crippen molar-refractivity contribution < 1.29 is 13.2 Å². The zero-order chi connectivity index (χ0) is 14.5. The first-order valence-corrected chi connectivity index (χ1v) is 8.00. The minimum absolute atomic E-state index is 0.0345. The van der Waals surface area contributed by atoms with Crippen LogP contribution in [0.25, 0.3) is 0 Å². The summed E-state index contributed by atoms with van der Waals surface area (Å²) in [5.74, 6) is 0.740. The third kappa shape index (κ3) is 4.84. The maximum absolute atomic E-state index is 11.9. The average molecular weight is 285 g/mol. The van der Waals surface area contributed by atoms with Gasteiger partial charge >= 0.3 is 0 Å². The van der Waals surface area contributed by atoms with Crippen LogP contribution < -0.4 is 10.1 Å². The Morgan fingerprint density at radius 1 is 1.26 bits per heavy atom. The van der Waals surface area contributed by atoms with E-state index in [2.05, 4.69) is 5.32 Å². The second-order valence-corrected chi connectivity index (χ2v) is 8.32. The van der Waals surface area contributed by atoms with Crippen molar-refractivity contribution in [3.05, 3.63) is 29.8 Å². The topological polar surface area (TPSA) is 55.4 Å². The molecule has 0 atom stereocenters. The van der Waals surface area contributed by atoms with E-state index in [1.165, 1.54) is 0 Å². The Labute approximate surface area is 116 Å². The molecule has 0 aliphatic carbocycles. The van der Waals surface area contributed by atoms with E-state index in [0.717, 1.165) is 12.1 Å². The normalized spacial score (nSPS) is 12.4. The second-order valence-electron chi connectivity index (χ2n) is 5.46. The summed E-state index contributed by atoms with van der Waals surface area (Å²) < 4.78 is 28.6. The van der Waals surface area contributed by atoms with E-state index >= 15 is 0 Å².